The van der Waals surface area contributed by atoms with E-state index in [2.05, 4.69) is 39.4 Å². The molecule has 0 bridgehead atoms. The molecule has 0 saturated carbocycles. The molecule has 1 amide bonds. The summed E-state index contributed by atoms with van der Waals surface area (Å²) in [5, 5.41) is 3.04. The maximum Gasteiger partial charge on any atom is 0.257 e. The number of benzene rings is 3. The molecule has 5 heteroatoms. The van der Waals surface area contributed by atoms with Gasteiger partial charge in [-0.25, -0.2) is 4.99 Å². The minimum Gasteiger partial charge on any atom is -0.368 e. The molecule has 1 heterocycles. The highest BCUT2D eigenvalue weighted by Crippen LogP contribution is 2.18. The van der Waals surface area contributed by atoms with Crippen molar-refractivity contribution in [2.75, 3.05) is 31.1 Å². The van der Waals surface area contributed by atoms with E-state index in [1.807, 2.05) is 67.6 Å². The summed E-state index contributed by atoms with van der Waals surface area (Å²) in [7, 11) is 0. The van der Waals surface area contributed by atoms with Gasteiger partial charge in [-0.3, -0.25) is 10.1 Å². The van der Waals surface area contributed by atoms with Gasteiger partial charge in [-0.1, -0.05) is 48.5 Å². The van der Waals surface area contributed by atoms with Crippen LogP contribution in [0.4, 0.5) is 11.4 Å². The Bertz CT molecular complexity index is 1010. The van der Waals surface area contributed by atoms with Crippen LogP contribution in [0.2, 0.25) is 0 Å². The van der Waals surface area contributed by atoms with Crippen molar-refractivity contribution in [3.63, 3.8) is 0 Å². The maximum absolute atomic E-state index is 12.8. The maximum atomic E-state index is 12.8. The Morgan fingerprint density at radius 2 is 1.50 bits per heavy atom. The molecule has 152 valence electrons. The zero-order valence-electron chi connectivity index (χ0n) is 17.2. The second kappa shape index (κ2) is 9.27. The van der Waals surface area contributed by atoms with Crippen LogP contribution in [0.5, 0.6) is 0 Å². The summed E-state index contributed by atoms with van der Waals surface area (Å²) in [6.45, 7) is 5.36. The number of amides is 1. The number of rotatable bonds is 3. The van der Waals surface area contributed by atoms with E-state index in [9.17, 15) is 4.79 Å². The van der Waals surface area contributed by atoms with Gasteiger partial charge in [-0.2, -0.15) is 0 Å². The van der Waals surface area contributed by atoms with Crippen molar-refractivity contribution in [2.45, 2.75) is 6.92 Å². The van der Waals surface area contributed by atoms with Crippen molar-refractivity contribution in [3.05, 3.63) is 96.1 Å². The van der Waals surface area contributed by atoms with Gasteiger partial charge in [0.15, 0.2) is 0 Å². The number of carbonyl (C=O) groups is 1. The second-order valence-corrected chi connectivity index (χ2v) is 7.40. The Labute approximate surface area is 177 Å². The van der Waals surface area contributed by atoms with Crippen molar-refractivity contribution in [3.8, 4) is 0 Å². The molecule has 4 rings (SSSR count). The Balaban J connectivity index is 1.54. The Morgan fingerprint density at radius 3 is 2.17 bits per heavy atom. The van der Waals surface area contributed by atoms with Crippen LogP contribution in [0, 0.1) is 6.92 Å². The minimum absolute atomic E-state index is 0.146. The van der Waals surface area contributed by atoms with E-state index in [1.165, 1.54) is 5.69 Å². The first kappa shape index (κ1) is 19.7. The first-order chi connectivity index (χ1) is 14.7. The number of piperazine rings is 1. The molecule has 1 aliphatic heterocycles. The van der Waals surface area contributed by atoms with Gasteiger partial charge in [-0.05, 0) is 48.9 Å². The van der Waals surface area contributed by atoms with Crippen molar-refractivity contribution >= 4 is 23.2 Å². The van der Waals surface area contributed by atoms with Gasteiger partial charge >= 0.3 is 0 Å². The molecule has 30 heavy (non-hydrogen) atoms. The number of nitrogens with one attached hydrogen (secondary N) is 1. The molecule has 3 aromatic carbocycles. The number of para-hydroxylation sites is 1. The molecule has 5 nitrogen and oxygen atoms in total. The van der Waals surface area contributed by atoms with E-state index in [1.54, 1.807) is 0 Å². The molecule has 0 aromatic heterocycles. The van der Waals surface area contributed by atoms with Crippen LogP contribution in [0.3, 0.4) is 0 Å². The van der Waals surface area contributed by atoms with Crippen LogP contribution in [0.25, 0.3) is 0 Å². The van der Waals surface area contributed by atoms with Gasteiger partial charge in [0.2, 0.25) is 5.96 Å². The zero-order chi connectivity index (χ0) is 20.8. The van der Waals surface area contributed by atoms with Crippen LogP contribution in [-0.2, 0) is 0 Å². The van der Waals surface area contributed by atoms with Crippen LogP contribution < -0.4 is 10.2 Å². The van der Waals surface area contributed by atoms with Crippen molar-refractivity contribution in [2.24, 2.45) is 4.99 Å². The molecule has 0 radical (unpaired) electrons. The highest BCUT2D eigenvalue weighted by Gasteiger charge is 2.22. The smallest absolute Gasteiger partial charge is 0.257 e. The quantitative estimate of drug-likeness (QED) is 0.530. The number of hydrogen-bond acceptors (Lipinski definition) is 3. The van der Waals surface area contributed by atoms with E-state index in [-0.39, 0.29) is 5.91 Å². The van der Waals surface area contributed by atoms with E-state index < -0.39 is 0 Å². The number of anilines is 1. The molecule has 3 aromatic rings. The molecule has 1 saturated heterocycles. The third kappa shape index (κ3) is 4.87. The number of aliphatic imine (C=N–C) groups is 1. The lowest BCUT2D eigenvalue weighted by Gasteiger charge is -2.37. The zero-order valence-corrected chi connectivity index (χ0v) is 17.2. The molecule has 0 aliphatic carbocycles. The van der Waals surface area contributed by atoms with E-state index in [0.717, 1.165) is 37.4 Å². The standard InChI is InChI=1S/C25H26N4O/c1-20-9-8-12-22(19-20)26-25(27-24(30)21-10-4-2-5-11-21)29-17-15-28(16-18-29)23-13-6-3-7-14-23/h2-14,19H,15-18H2,1H3,(H,26,27,30). The van der Waals surface area contributed by atoms with Gasteiger partial charge in [0, 0.05) is 37.4 Å². The highest BCUT2D eigenvalue weighted by atomic mass is 16.1. The fraction of sp³-hybridized carbons (Fsp3) is 0.200. The Kier molecular flexibility index (Phi) is 6.09. The molecule has 0 unspecified atom stereocenters. The van der Waals surface area contributed by atoms with Crippen LogP contribution in [0.1, 0.15) is 15.9 Å². The molecular formula is C25H26N4O. The van der Waals surface area contributed by atoms with Gasteiger partial charge in [0.05, 0.1) is 5.69 Å². The van der Waals surface area contributed by atoms with E-state index in [4.69, 9.17) is 4.99 Å². The topological polar surface area (TPSA) is 47.9 Å². The van der Waals surface area contributed by atoms with Crippen LogP contribution >= 0.6 is 0 Å². The molecule has 1 fully saturated rings. The summed E-state index contributed by atoms with van der Waals surface area (Å²) in [6, 6.07) is 27.7. The fourth-order valence-corrected chi connectivity index (χ4v) is 3.58. The largest absolute Gasteiger partial charge is 0.368 e. The first-order valence-electron chi connectivity index (χ1n) is 10.3. The summed E-state index contributed by atoms with van der Waals surface area (Å²) in [5.74, 6) is 0.453. The number of aryl methyl sites for hydroxylation is 1. The average Bonchev–Trinajstić information content (AvgIpc) is 2.80. The second-order valence-electron chi connectivity index (χ2n) is 7.40. The number of nitrogens with zero attached hydrogens (tertiary/aromatic N) is 3. The van der Waals surface area contributed by atoms with Gasteiger partial charge in [0.25, 0.3) is 5.91 Å². The number of carbonyl (C=O) groups excluding carboxylic acids is 1. The first-order valence-corrected chi connectivity index (χ1v) is 10.3. The van der Waals surface area contributed by atoms with Gasteiger partial charge in [-0.15, -0.1) is 0 Å². The van der Waals surface area contributed by atoms with E-state index in [0.29, 0.717) is 11.5 Å². The monoisotopic (exact) mass is 398 g/mol. The molecule has 1 N–H and O–H groups in total. The van der Waals surface area contributed by atoms with Crippen LogP contribution in [-0.4, -0.2) is 42.9 Å². The third-order valence-corrected chi connectivity index (χ3v) is 5.20. The van der Waals surface area contributed by atoms with Crippen LogP contribution in [0.15, 0.2) is 89.9 Å². The fourth-order valence-electron chi connectivity index (χ4n) is 3.58. The summed E-state index contributed by atoms with van der Waals surface area (Å²) in [5.41, 5.74) is 3.82. The predicted octanol–water partition coefficient (Wildman–Crippen LogP) is 4.23. The van der Waals surface area contributed by atoms with Gasteiger partial charge < -0.3 is 9.80 Å². The summed E-state index contributed by atoms with van der Waals surface area (Å²) in [4.78, 5) is 22.1. The number of hydrogen-bond donors (Lipinski definition) is 1. The summed E-state index contributed by atoms with van der Waals surface area (Å²) >= 11 is 0. The Morgan fingerprint density at radius 1 is 0.833 bits per heavy atom. The molecule has 1 aliphatic rings. The van der Waals surface area contributed by atoms with Crippen molar-refractivity contribution in [1.82, 2.24) is 10.2 Å². The molecule has 0 spiro atoms. The average molecular weight is 399 g/mol. The molecule has 0 atom stereocenters. The Hall–Kier alpha value is -3.60. The predicted molar refractivity (Wildman–Crippen MR) is 122 cm³/mol. The van der Waals surface area contributed by atoms with Gasteiger partial charge in [0.1, 0.15) is 0 Å². The summed E-state index contributed by atoms with van der Waals surface area (Å²) < 4.78 is 0. The minimum atomic E-state index is -0.146. The molecular weight excluding hydrogens is 372 g/mol. The summed E-state index contributed by atoms with van der Waals surface area (Å²) in [6.07, 6.45) is 0. The van der Waals surface area contributed by atoms with Crippen molar-refractivity contribution in [1.29, 1.82) is 0 Å². The highest BCUT2D eigenvalue weighted by molar-refractivity contribution is 6.06. The lowest BCUT2D eigenvalue weighted by molar-refractivity contribution is 0.0972. The van der Waals surface area contributed by atoms with Crippen molar-refractivity contribution < 1.29 is 4.79 Å². The lowest BCUT2D eigenvalue weighted by Crippen LogP contribution is -2.53. The normalized spacial score (nSPS) is 14.5. The SMILES string of the molecule is Cc1cccc(N=C(NC(=O)c2ccccc2)N2CCN(c3ccccc3)CC2)c1. The lowest BCUT2D eigenvalue weighted by atomic mass is 10.2. The number of guanidine groups is 1. The third-order valence-electron chi connectivity index (χ3n) is 5.20. The van der Waals surface area contributed by atoms with E-state index >= 15 is 0 Å².